The molecule has 1 N–H and O–H groups in total. The predicted molar refractivity (Wildman–Crippen MR) is 92.0 cm³/mol. The van der Waals surface area contributed by atoms with Gasteiger partial charge in [0, 0.05) is 23.3 Å². The summed E-state index contributed by atoms with van der Waals surface area (Å²) in [5.74, 6) is 0.774. The van der Waals surface area contributed by atoms with Gasteiger partial charge in [-0.1, -0.05) is 12.2 Å². The molecule has 3 rings (SSSR count). The molecule has 0 bridgehead atoms. The molecule has 2 aliphatic rings. The highest BCUT2D eigenvalue weighted by Crippen LogP contribution is 2.40. The van der Waals surface area contributed by atoms with Crippen molar-refractivity contribution in [3.8, 4) is 5.88 Å². The predicted octanol–water partition coefficient (Wildman–Crippen LogP) is 2.93. The van der Waals surface area contributed by atoms with E-state index in [1.165, 1.54) is 51.9 Å². The minimum atomic E-state index is 0.633. The van der Waals surface area contributed by atoms with Crippen LogP contribution in [-0.2, 0) is 0 Å². The van der Waals surface area contributed by atoms with Crippen molar-refractivity contribution in [2.75, 3.05) is 46.4 Å². The molecule has 1 aromatic rings. The fourth-order valence-corrected chi connectivity index (χ4v) is 3.81. The molecule has 1 spiro atoms. The molecule has 0 amide bonds. The number of H-pyrrole nitrogens is 1. The van der Waals surface area contributed by atoms with Crippen LogP contribution in [0.5, 0.6) is 5.88 Å². The second kappa shape index (κ2) is 7.11. The summed E-state index contributed by atoms with van der Waals surface area (Å²) in [5, 5.41) is 0. The summed E-state index contributed by atoms with van der Waals surface area (Å²) >= 11 is 5.14. The standard InChI is InChI=1S/C17H27N3OS/c1-19-8-3-17(4-9-19)5-10-20(11-6-17)12-13-21-16-14-15(22)2-7-18-16/h2,7,14H,3-6,8-13H2,1H3,(H,18,22). The number of rotatable bonds is 4. The molecule has 2 aliphatic heterocycles. The van der Waals surface area contributed by atoms with Gasteiger partial charge < -0.3 is 14.6 Å². The Hall–Kier alpha value is -0.910. The van der Waals surface area contributed by atoms with Crippen molar-refractivity contribution < 1.29 is 4.74 Å². The van der Waals surface area contributed by atoms with Crippen molar-refractivity contribution in [2.24, 2.45) is 5.41 Å². The molecule has 0 aromatic carbocycles. The van der Waals surface area contributed by atoms with Crippen LogP contribution in [0.4, 0.5) is 0 Å². The van der Waals surface area contributed by atoms with Gasteiger partial charge in [-0.3, -0.25) is 4.90 Å². The molecule has 22 heavy (non-hydrogen) atoms. The Labute approximate surface area is 138 Å². The zero-order chi connectivity index (χ0) is 15.4. The Bertz CT molecular complexity index is 527. The lowest BCUT2D eigenvalue weighted by Gasteiger charge is -2.46. The summed E-state index contributed by atoms with van der Waals surface area (Å²) in [6, 6.07) is 3.74. The van der Waals surface area contributed by atoms with Gasteiger partial charge in [-0.15, -0.1) is 0 Å². The Morgan fingerprint density at radius 1 is 1.18 bits per heavy atom. The van der Waals surface area contributed by atoms with Crippen LogP contribution in [0, 0.1) is 9.93 Å². The second-order valence-electron chi connectivity index (χ2n) is 6.88. The van der Waals surface area contributed by atoms with Crippen LogP contribution in [0.2, 0.25) is 0 Å². The number of nitrogens with one attached hydrogen (secondary N) is 1. The van der Waals surface area contributed by atoms with Crippen LogP contribution in [0.1, 0.15) is 25.7 Å². The lowest BCUT2D eigenvalue weighted by molar-refractivity contribution is 0.0382. The van der Waals surface area contributed by atoms with Gasteiger partial charge in [0.15, 0.2) is 5.88 Å². The summed E-state index contributed by atoms with van der Waals surface area (Å²) in [7, 11) is 2.24. The number of hydrogen-bond acceptors (Lipinski definition) is 4. The lowest BCUT2D eigenvalue weighted by Crippen LogP contribution is -2.46. The van der Waals surface area contributed by atoms with E-state index in [0.29, 0.717) is 5.41 Å². The largest absolute Gasteiger partial charge is 0.478 e. The summed E-state index contributed by atoms with van der Waals surface area (Å²) < 4.78 is 6.59. The Morgan fingerprint density at radius 2 is 1.86 bits per heavy atom. The van der Waals surface area contributed by atoms with Gasteiger partial charge in [-0.05, 0) is 70.4 Å². The normalized spacial score (nSPS) is 22.8. The number of nitrogens with zero attached hydrogens (tertiary/aromatic N) is 2. The smallest absolute Gasteiger partial charge is 0.192 e. The van der Waals surface area contributed by atoms with Crippen LogP contribution in [0.3, 0.4) is 0 Å². The van der Waals surface area contributed by atoms with Gasteiger partial charge in [0.1, 0.15) is 6.61 Å². The van der Waals surface area contributed by atoms with E-state index in [1.807, 2.05) is 18.3 Å². The molecule has 1 aromatic heterocycles. The van der Waals surface area contributed by atoms with Crippen LogP contribution in [0.25, 0.3) is 0 Å². The number of aromatic amines is 1. The molecule has 2 fully saturated rings. The van der Waals surface area contributed by atoms with Gasteiger partial charge in [-0.25, -0.2) is 0 Å². The fourth-order valence-electron chi connectivity index (χ4n) is 3.64. The van der Waals surface area contributed by atoms with E-state index in [9.17, 15) is 0 Å². The lowest BCUT2D eigenvalue weighted by atomic mass is 9.71. The second-order valence-corrected chi connectivity index (χ2v) is 7.35. The maximum Gasteiger partial charge on any atom is 0.192 e. The van der Waals surface area contributed by atoms with Crippen molar-refractivity contribution in [1.82, 2.24) is 14.8 Å². The Morgan fingerprint density at radius 3 is 2.55 bits per heavy atom. The fraction of sp³-hybridized carbons (Fsp3) is 0.706. The third-order valence-corrected chi connectivity index (χ3v) is 5.63. The van der Waals surface area contributed by atoms with Crippen molar-refractivity contribution in [1.29, 1.82) is 0 Å². The summed E-state index contributed by atoms with van der Waals surface area (Å²) in [6.45, 7) is 6.72. The van der Waals surface area contributed by atoms with Crippen LogP contribution in [0.15, 0.2) is 18.3 Å². The number of aromatic nitrogens is 1. The summed E-state index contributed by atoms with van der Waals surface area (Å²) in [5.41, 5.74) is 0.633. The van der Waals surface area contributed by atoms with E-state index >= 15 is 0 Å². The Balaban J connectivity index is 1.40. The van der Waals surface area contributed by atoms with Crippen LogP contribution in [-0.4, -0.2) is 61.2 Å². The first-order chi connectivity index (χ1) is 10.7. The minimum absolute atomic E-state index is 0.633. The Kier molecular flexibility index (Phi) is 5.16. The van der Waals surface area contributed by atoms with E-state index in [2.05, 4.69) is 21.8 Å². The van der Waals surface area contributed by atoms with E-state index in [4.69, 9.17) is 17.0 Å². The van der Waals surface area contributed by atoms with E-state index < -0.39 is 0 Å². The van der Waals surface area contributed by atoms with Crippen molar-refractivity contribution in [3.05, 3.63) is 22.8 Å². The molecule has 0 aliphatic carbocycles. The van der Waals surface area contributed by atoms with Gasteiger partial charge in [-0.2, -0.15) is 0 Å². The van der Waals surface area contributed by atoms with Crippen LogP contribution < -0.4 is 4.74 Å². The molecule has 5 heteroatoms. The molecule has 0 atom stereocenters. The third kappa shape index (κ3) is 4.09. The van der Waals surface area contributed by atoms with Crippen LogP contribution >= 0.6 is 12.2 Å². The van der Waals surface area contributed by atoms with Gasteiger partial charge in [0.05, 0.1) is 0 Å². The monoisotopic (exact) mass is 321 g/mol. The SMILES string of the molecule is CN1CCC2(CC1)CCN(CCOc1cc(=S)cc[nH]1)CC2. The average Bonchev–Trinajstić information content (AvgIpc) is 2.53. The van der Waals surface area contributed by atoms with Crippen molar-refractivity contribution >= 4 is 12.2 Å². The highest BCUT2D eigenvalue weighted by Gasteiger charge is 2.36. The molecule has 0 radical (unpaired) electrons. The molecule has 3 heterocycles. The molecule has 4 nitrogen and oxygen atoms in total. The molecule has 0 saturated carbocycles. The number of pyridine rings is 1. The maximum atomic E-state index is 5.77. The first-order valence-electron chi connectivity index (χ1n) is 8.38. The third-order valence-electron chi connectivity index (χ3n) is 5.38. The highest BCUT2D eigenvalue weighted by atomic mass is 32.1. The molecule has 0 unspecified atom stereocenters. The number of ether oxygens (including phenoxy) is 1. The van der Waals surface area contributed by atoms with Gasteiger partial charge in [0.25, 0.3) is 0 Å². The van der Waals surface area contributed by atoms with E-state index in [0.717, 1.165) is 23.5 Å². The van der Waals surface area contributed by atoms with Gasteiger partial charge in [0.2, 0.25) is 0 Å². The zero-order valence-electron chi connectivity index (χ0n) is 13.5. The number of hydrogen-bond donors (Lipinski definition) is 1. The minimum Gasteiger partial charge on any atom is -0.478 e. The molecular weight excluding hydrogens is 294 g/mol. The average molecular weight is 321 g/mol. The molecule has 122 valence electrons. The van der Waals surface area contributed by atoms with Crippen molar-refractivity contribution in [3.63, 3.8) is 0 Å². The topological polar surface area (TPSA) is 31.5 Å². The quantitative estimate of drug-likeness (QED) is 0.864. The first kappa shape index (κ1) is 16.0. The number of likely N-dealkylation sites (tertiary alicyclic amines) is 2. The number of piperidine rings is 2. The molecule has 2 saturated heterocycles. The zero-order valence-corrected chi connectivity index (χ0v) is 14.3. The van der Waals surface area contributed by atoms with Gasteiger partial charge >= 0.3 is 0 Å². The van der Waals surface area contributed by atoms with E-state index in [-0.39, 0.29) is 0 Å². The first-order valence-corrected chi connectivity index (χ1v) is 8.79. The van der Waals surface area contributed by atoms with Crippen molar-refractivity contribution in [2.45, 2.75) is 25.7 Å². The summed E-state index contributed by atoms with van der Waals surface area (Å²) in [4.78, 5) is 8.10. The van der Waals surface area contributed by atoms with E-state index in [1.54, 1.807) is 0 Å². The summed E-state index contributed by atoms with van der Waals surface area (Å²) in [6.07, 6.45) is 7.31. The molecular formula is C17H27N3OS. The maximum absolute atomic E-state index is 5.77. The highest BCUT2D eigenvalue weighted by molar-refractivity contribution is 7.71.